The molecule has 1 rings (SSSR count). The van der Waals surface area contributed by atoms with Gasteiger partial charge in [-0.05, 0) is 31.5 Å². The standard InChI is InChI=1S/C12H20N2OS/c1-4-14(5-2)9-10(3)13-12(15)11-7-6-8-16-11/h6-8,10H,4-5,9H2,1-3H3,(H,13,15). The fourth-order valence-electron chi connectivity index (χ4n) is 1.62. The topological polar surface area (TPSA) is 32.3 Å². The normalized spacial score (nSPS) is 12.8. The molecule has 0 aliphatic heterocycles. The summed E-state index contributed by atoms with van der Waals surface area (Å²) in [4.78, 5) is 14.8. The van der Waals surface area contributed by atoms with Gasteiger partial charge < -0.3 is 10.2 Å². The number of carbonyl (C=O) groups is 1. The Labute approximate surface area is 101 Å². The van der Waals surface area contributed by atoms with Crippen molar-refractivity contribution in [2.24, 2.45) is 0 Å². The third-order valence-electron chi connectivity index (χ3n) is 2.55. The number of hydrogen-bond donors (Lipinski definition) is 1. The molecule has 0 fully saturated rings. The number of nitrogens with zero attached hydrogens (tertiary/aromatic N) is 1. The maximum absolute atomic E-state index is 11.8. The van der Waals surface area contributed by atoms with Crippen molar-refractivity contribution in [3.8, 4) is 0 Å². The van der Waals surface area contributed by atoms with Crippen LogP contribution in [0.5, 0.6) is 0 Å². The highest BCUT2D eigenvalue weighted by Gasteiger charge is 2.12. The molecule has 1 unspecified atom stereocenters. The van der Waals surface area contributed by atoms with Gasteiger partial charge in [0.2, 0.25) is 0 Å². The first-order chi connectivity index (χ1) is 7.67. The number of likely N-dealkylation sites (N-methyl/N-ethyl adjacent to an activating group) is 1. The van der Waals surface area contributed by atoms with E-state index in [0.717, 1.165) is 24.5 Å². The quantitative estimate of drug-likeness (QED) is 0.827. The fourth-order valence-corrected chi connectivity index (χ4v) is 2.24. The predicted octanol–water partition coefficient (Wildman–Crippen LogP) is 2.21. The molecule has 0 spiro atoms. The van der Waals surface area contributed by atoms with Crippen LogP contribution in [-0.2, 0) is 0 Å². The van der Waals surface area contributed by atoms with Crippen LogP contribution in [0.15, 0.2) is 17.5 Å². The van der Waals surface area contributed by atoms with Crippen LogP contribution in [-0.4, -0.2) is 36.5 Å². The molecule has 0 saturated carbocycles. The molecule has 1 atom stereocenters. The molecule has 90 valence electrons. The van der Waals surface area contributed by atoms with Crippen LogP contribution in [0.1, 0.15) is 30.4 Å². The number of nitrogens with one attached hydrogen (secondary N) is 1. The lowest BCUT2D eigenvalue weighted by Crippen LogP contribution is -2.41. The Morgan fingerprint density at radius 3 is 2.69 bits per heavy atom. The minimum Gasteiger partial charge on any atom is -0.348 e. The zero-order valence-electron chi connectivity index (χ0n) is 10.2. The predicted molar refractivity (Wildman–Crippen MR) is 69.0 cm³/mol. The van der Waals surface area contributed by atoms with Gasteiger partial charge in [-0.15, -0.1) is 11.3 Å². The Balaban J connectivity index is 2.39. The lowest BCUT2D eigenvalue weighted by Gasteiger charge is -2.23. The highest BCUT2D eigenvalue weighted by Crippen LogP contribution is 2.08. The maximum atomic E-state index is 11.8. The monoisotopic (exact) mass is 240 g/mol. The average Bonchev–Trinajstić information content (AvgIpc) is 2.79. The Hall–Kier alpha value is -0.870. The van der Waals surface area contributed by atoms with Crippen LogP contribution < -0.4 is 5.32 Å². The van der Waals surface area contributed by atoms with Crippen molar-refractivity contribution in [1.29, 1.82) is 0 Å². The highest BCUT2D eigenvalue weighted by molar-refractivity contribution is 7.12. The third-order valence-corrected chi connectivity index (χ3v) is 3.42. The summed E-state index contributed by atoms with van der Waals surface area (Å²) in [5.74, 6) is 0.0367. The molecule has 0 radical (unpaired) electrons. The first-order valence-corrected chi connectivity index (χ1v) is 6.62. The second-order valence-electron chi connectivity index (χ2n) is 3.84. The van der Waals surface area contributed by atoms with Gasteiger partial charge in [-0.3, -0.25) is 4.79 Å². The van der Waals surface area contributed by atoms with E-state index in [-0.39, 0.29) is 11.9 Å². The second kappa shape index (κ2) is 6.66. The summed E-state index contributed by atoms with van der Waals surface area (Å²) < 4.78 is 0. The summed E-state index contributed by atoms with van der Waals surface area (Å²) in [6, 6.07) is 3.94. The molecule has 0 aliphatic rings. The minimum absolute atomic E-state index is 0.0367. The molecular weight excluding hydrogens is 220 g/mol. The van der Waals surface area contributed by atoms with Gasteiger partial charge in [0.05, 0.1) is 4.88 Å². The molecule has 1 aromatic rings. The molecule has 1 amide bonds. The lowest BCUT2D eigenvalue weighted by atomic mass is 10.3. The first kappa shape index (κ1) is 13.2. The van der Waals surface area contributed by atoms with Crippen LogP contribution in [0.25, 0.3) is 0 Å². The third kappa shape index (κ3) is 3.94. The van der Waals surface area contributed by atoms with E-state index < -0.39 is 0 Å². The van der Waals surface area contributed by atoms with Gasteiger partial charge in [-0.1, -0.05) is 19.9 Å². The van der Waals surface area contributed by atoms with Gasteiger partial charge in [0.1, 0.15) is 0 Å². The molecule has 0 saturated heterocycles. The number of rotatable bonds is 6. The summed E-state index contributed by atoms with van der Waals surface area (Å²) in [6.07, 6.45) is 0. The molecule has 3 nitrogen and oxygen atoms in total. The van der Waals surface area contributed by atoms with Crippen molar-refractivity contribution in [1.82, 2.24) is 10.2 Å². The van der Waals surface area contributed by atoms with Crippen LogP contribution in [0.3, 0.4) is 0 Å². The van der Waals surface area contributed by atoms with Crippen molar-refractivity contribution in [2.75, 3.05) is 19.6 Å². The van der Waals surface area contributed by atoms with E-state index >= 15 is 0 Å². The van der Waals surface area contributed by atoms with Gasteiger partial charge in [-0.2, -0.15) is 0 Å². The average molecular weight is 240 g/mol. The Bertz CT molecular complexity index is 307. The second-order valence-corrected chi connectivity index (χ2v) is 4.79. The van der Waals surface area contributed by atoms with Crippen LogP contribution in [0.2, 0.25) is 0 Å². The van der Waals surface area contributed by atoms with Gasteiger partial charge >= 0.3 is 0 Å². The summed E-state index contributed by atoms with van der Waals surface area (Å²) in [5, 5.41) is 4.93. The molecule has 1 aromatic heterocycles. The SMILES string of the molecule is CCN(CC)CC(C)NC(=O)c1cccs1. The minimum atomic E-state index is 0.0367. The van der Waals surface area contributed by atoms with Crippen LogP contribution in [0.4, 0.5) is 0 Å². The van der Waals surface area contributed by atoms with E-state index in [1.54, 1.807) is 0 Å². The van der Waals surface area contributed by atoms with E-state index in [4.69, 9.17) is 0 Å². The van der Waals surface area contributed by atoms with Gasteiger partial charge in [0.15, 0.2) is 0 Å². The van der Waals surface area contributed by atoms with E-state index in [1.165, 1.54) is 11.3 Å². The molecule has 0 aliphatic carbocycles. The van der Waals surface area contributed by atoms with Gasteiger partial charge in [0, 0.05) is 12.6 Å². The molecule has 1 heterocycles. The molecule has 0 aromatic carbocycles. The number of hydrogen-bond acceptors (Lipinski definition) is 3. The zero-order chi connectivity index (χ0) is 12.0. The van der Waals surface area contributed by atoms with E-state index in [9.17, 15) is 4.79 Å². The Kier molecular flexibility index (Phi) is 5.49. The van der Waals surface area contributed by atoms with E-state index in [2.05, 4.69) is 24.1 Å². The van der Waals surface area contributed by atoms with E-state index in [0.29, 0.717) is 0 Å². The van der Waals surface area contributed by atoms with Crippen molar-refractivity contribution >= 4 is 17.2 Å². The maximum Gasteiger partial charge on any atom is 0.261 e. The Morgan fingerprint density at radius 1 is 1.50 bits per heavy atom. The van der Waals surface area contributed by atoms with Crippen molar-refractivity contribution < 1.29 is 4.79 Å². The summed E-state index contributed by atoms with van der Waals surface area (Å²) >= 11 is 1.48. The van der Waals surface area contributed by atoms with Crippen molar-refractivity contribution in [3.63, 3.8) is 0 Å². The Morgan fingerprint density at radius 2 is 2.19 bits per heavy atom. The zero-order valence-corrected chi connectivity index (χ0v) is 11.0. The summed E-state index contributed by atoms with van der Waals surface area (Å²) in [5.41, 5.74) is 0. The van der Waals surface area contributed by atoms with Gasteiger partial charge in [-0.25, -0.2) is 0 Å². The van der Waals surface area contributed by atoms with Crippen molar-refractivity contribution in [2.45, 2.75) is 26.8 Å². The van der Waals surface area contributed by atoms with Crippen LogP contribution in [0, 0.1) is 0 Å². The van der Waals surface area contributed by atoms with Crippen molar-refractivity contribution in [3.05, 3.63) is 22.4 Å². The van der Waals surface area contributed by atoms with E-state index in [1.807, 2.05) is 24.4 Å². The largest absolute Gasteiger partial charge is 0.348 e. The number of amides is 1. The first-order valence-electron chi connectivity index (χ1n) is 5.74. The summed E-state index contributed by atoms with van der Waals surface area (Å²) in [7, 11) is 0. The lowest BCUT2D eigenvalue weighted by molar-refractivity contribution is 0.0934. The molecule has 1 N–H and O–H groups in total. The molecule has 16 heavy (non-hydrogen) atoms. The number of carbonyl (C=O) groups excluding carboxylic acids is 1. The fraction of sp³-hybridized carbons (Fsp3) is 0.583. The smallest absolute Gasteiger partial charge is 0.261 e. The molecule has 4 heteroatoms. The number of thiophene rings is 1. The highest BCUT2D eigenvalue weighted by atomic mass is 32.1. The van der Waals surface area contributed by atoms with Crippen LogP contribution >= 0.6 is 11.3 Å². The van der Waals surface area contributed by atoms with Gasteiger partial charge in [0.25, 0.3) is 5.91 Å². The summed E-state index contributed by atoms with van der Waals surface area (Å²) in [6.45, 7) is 9.27. The molecule has 0 bridgehead atoms. The molecular formula is C12H20N2OS.